The van der Waals surface area contributed by atoms with Crippen LogP contribution in [0.5, 0.6) is 0 Å². The average Bonchev–Trinajstić information content (AvgIpc) is 3.07. The number of carbonyl (C=O) groups excluding carboxylic acids is 1. The van der Waals surface area contributed by atoms with E-state index in [-0.39, 0.29) is 16.7 Å². The van der Waals surface area contributed by atoms with Crippen molar-refractivity contribution in [3.63, 3.8) is 0 Å². The number of aryl methyl sites for hydroxylation is 1. The van der Waals surface area contributed by atoms with Crippen molar-refractivity contribution in [2.75, 3.05) is 11.6 Å². The van der Waals surface area contributed by atoms with Crippen molar-refractivity contribution in [2.24, 2.45) is 0 Å². The second kappa shape index (κ2) is 6.23. The molecule has 0 aliphatic heterocycles. The molecule has 0 saturated heterocycles. The Labute approximate surface area is 149 Å². The molecule has 7 nitrogen and oxygen atoms in total. The summed E-state index contributed by atoms with van der Waals surface area (Å²) < 4.78 is 29.2. The van der Waals surface area contributed by atoms with Gasteiger partial charge in [-0.1, -0.05) is 30.3 Å². The minimum absolute atomic E-state index is 0.0228. The lowest BCUT2D eigenvalue weighted by Gasteiger charge is -2.04. The number of anilines is 1. The van der Waals surface area contributed by atoms with Crippen molar-refractivity contribution in [3.8, 4) is 0 Å². The summed E-state index contributed by atoms with van der Waals surface area (Å²) in [6.45, 7) is 5.54. The molecule has 25 heavy (non-hydrogen) atoms. The van der Waals surface area contributed by atoms with E-state index in [2.05, 4.69) is 15.5 Å². The zero-order chi connectivity index (χ0) is 18.4. The molecule has 132 valence electrons. The van der Waals surface area contributed by atoms with Crippen LogP contribution in [-0.2, 0) is 9.84 Å². The van der Waals surface area contributed by atoms with Crippen LogP contribution in [-0.4, -0.2) is 30.7 Å². The fourth-order valence-corrected chi connectivity index (χ4v) is 4.03. The molecule has 0 aliphatic rings. The number of thiazole rings is 1. The lowest BCUT2D eigenvalue weighted by molar-refractivity contribution is 0.102. The molecule has 9 heteroatoms. The fraction of sp³-hybridized carbons (Fsp3) is 0.312. The molecule has 0 unspecified atom stereocenters. The smallest absolute Gasteiger partial charge is 0.262 e. The van der Waals surface area contributed by atoms with E-state index in [0.29, 0.717) is 32.4 Å². The van der Waals surface area contributed by atoms with E-state index in [1.807, 2.05) is 13.8 Å². The number of rotatable bonds is 4. The maximum absolute atomic E-state index is 12.6. The highest BCUT2D eigenvalue weighted by atomic mass is 32.2. The van der Waals surface area contributed by atoms with E-state index in [1.165, 1.54) is 17.4 Å². The Hall–Kier alpha value is -2.26. The van der Waals surface area contributed by atoms with Gasteiger partial charge in [0.15, 0.2) is 20.7 Å². The Bertz CT molecular complexity index is 1060. The van der Waals surface area contributed by atoms with Crippen molar-refractivity contribution in [1.29, 1.82) is 0 Å². The highest BCUT2D eigenvalue weighted by Gasteiger charge is 2.23. The molecule has 3 aromatic rings. The Kier molecular flexibility index (Phi) is 4.38. The summed E-state index contributed by atoms with van der Waals surface area (Å²) in [6.07, 6.45) is 1.15. The maximum atomic E-state index is 12.6. The highest BCUT2D eigenvalue weighted by molar-refractivity contribution is 7.90. The van der Waals surface area contributed by atoms with Crippen molar-refractivity contribution in [2.45, 2.75) is 31.6 Å². The van der Waals surface area contributed by atoms with Crippen molar-refractivity contribution < 1.29 is 17.7 Å². The minimum atomic E-state index is -3.29. The molecular weight excluding hydrogens is 362 g/mol. The zero-order valence-electron chi connectivity index (χ0n) is 14.2. The molecule has 0 fully saturated rings. The average molecular weight is 379 g/mol. The second-order valence-electron chi connectivity index (χ2n) is 6.04. The van der Waals surface area contributed by atoms with Crippen LogP contribution >= 0.6 is 11.3 Å². The van der Waals surface area contributed by atoms with Crippen LogP contribution in [0.2, 0.25) is 0 Å². The van der Waals surface area contributed by atoms with Crippen LogP contribution in [0.25, 0.3) is 10.2 Å². The van der Waals surface area contributed by atoms with Crippen molar-refractivity contribution in [3.05, 3.63) is 35.2 Å². The summed E-state index contributed by atoms with van der Waals surface area (Å²) in [5.74, 6) is 0.204. The molecule has 3 rings (SSSR count). The predicted octanol–water partition coefficient (Wildman–Crippen LogP) is 3.37. The quantitative estimate of drug-likeness (QED) is 0.745. The van der Waals surface area contributed by atoms with E-state index in [0.717, 1.165) is 6.26 Å². The van der Waals surface area contributed by atoms with Crippen LogP contribution in [0.15, 0.2) is 27.6 Å². The predicted molar refractivity (Wildman–Crippen MR) is 96.0 cm³/mol. The molecule has 0 radical (unpaired) electrons. The third-order valence-corrected chi connectivity index (χ3v) is 5.69. The summed E-state index contributed by atoms with van der Waals surface area (Å²) in [4.78, 5) is 17.1. The van der Waals surface area contributed by atoms with Gasteiger partial charge in [0.2, 0.25) is 0 Å². The first-order valence-electron chi connectivity index (χ1n) is 7.55. The third-order valence-electron chi connectivity index (χ3n) is 3.65. The van der Waals surface area contributed by atoms with Gasteiger partial charge in [0.05, 0.1) is 20.8 Å². The Balaban J connectivity index is 1.93. The molecule has 2 heterocycles. The van der Waals surface area contributed by atoms with Crippen molar-refractivity contribution in [1.82, 2.24) is 10.1 Å². The molecule has 1 aromatic carbocycles. The van der Waals surface area contributed by atoms with Crippen LogP contribution in [0, 0.1) is 6.92 Å². The summed E-state index contributed by atoms with van der Waals surface area (Å²) in [5, 5.41) is 7.00. The Morgan fingerprint density at radius 3 is 2.68 bits per heavy atom. The summed E-state index contributed by atoms with van der Waals surface area (Å²) in [7, 11) is -3.29. The van der Waals surface area contributed by atoms with Crippen LogP contribution in [0.1, 0.15) is 41.6 Å². The molecule has 0 spiro atoms. The van der Waals surface area contributed by atoms with Crippen molar-refractivity contribution >= 4 is 42.4 Å². The molecule has 0 bridgehead atoms. The topological polar surface area (TPSA) is 102 Å². The van der Waals surface area contributed by atoms with Gasteiger partial charge in [-0.3, -0.25) is 10.1 Å². The van der Waals surface area contributed by atoms with Gasteiger partial charge in [-0.25, -0.2) is 13.4 Å². The highest BCUT2D eigenvalue weighted by Crippen LogP contribution is 2.29. The summed E-state index contributed by atoms with van der Waals surface area (Å²) in [5.41, 5.74) is 1.55. The number of carbonyl (C=O) groups is 1. The van der Waals surface area contributed by atoms with E-state index in [9.17, 15) is 13.2 Å². The number of fused-ring (bicyclic) bond motifs is 1. The zero-order valence-corrected chi connectivity index (χ0v) is 15.8. The largest absolute Gasteiger partial charge is 0.360 e. The van der Waals surface area contributed by atoms with Gasteiger partial charge in [0.25, 0.3) is 5.91 Å². The number of benzene rings is 1. The molecule has 1 N–H and O–H groups in total. The SMILES string of the molecule is Cc1noc(C(C)C)c1C(=O)Nc1nc2ccc(S(C)(=O)=O)cc2s1. The van der Waals surface area contributed by atoms with Gasteiger partial charge < -0.3 is 4.52 Å². The van der Waals surface area contributed by atoms with Gasteiger partial charge in [0.1, 0.15) is 5.56 Å². The fourth-order valence-electron chi connectivity index (χ4n) is 2.41. The number of hydrogen-bond donors (Lipinski definition) is 1. The van der Waals surface area contributed by atoms with Gasteiger partial charge in [-0.05, 0) is 25.1 Å². The number of amides is 1. The van der Waals surface area contributed by atoms with Gasteiger partial charge in [-0.15, -0.1) is 0 Å². The monoisotopic (exact) mass is 379 g/mol. The molecule has 0 saturated carbocycles. The van der Waals surface area contributed by atoms with Crippen LogP contribution in [0.3, 0.4) is 0 Å². The number of nitrogens with one attached hydrogen (secondary N) is 1. The normalized spacial score (nSPS) is 12.0. The van der Waals surface area contributed by atoms with Gasteiger partial charge in [-0.2, -0.15) is 0 Å². The van der Waals surface area contributed by atoms with Crippen LogP contribution < -0.4 is 5.32 Å². The van der Waals surface area contributed by atoms with Gasteiger partial charge >= 0.3 is 0 Å². The molecular formula is C16H17N3O4S2. The lowest BCUT2D eigenvalue weighted by Crippen LogP contribution is -2.14. The Morgan fingerprint density at radius 2 is 2.04 bits per heavy atom. The van der Waals surface area contributed by atoms with E-state index in [4.69, 9.17) is 4.52 Å². The van der Waals surface area contributed by atoms with E-state index in [1.54, 1.807) is 19.1 Å². The standard InChI is InChI=1S/C16H17N3O4S2/c1-8(2)14-13(9(3)19-23-14)15(20)18-16-17-11-6-5-10(25(4,21)22)7-12(11)24-16/h5-8H,1-4H3,(H,17,18,20). The molecule has 0 atom stereocenters. The summed E-state index contributed by atoms with van der Waals surface area (Å²) in [6, 6.07) is 4.69. The van der Waals surface area contributed by atoms with Gasteiger partial charge in [0, 0.05) is 12.2 Å². The van der Waals surface area contributed by atoms with E-state index < -0.39 is 9.84 Å². The first-order chi connectivity index (χ1) is 11.7. The third kappa shape index (κ3) is 3.42. The van der Waals surface area contributed by atoms with Crippen LogP contribution in [0.4, 0.5) is 5.13 Å². The number of aromatic nitrogens is 2. The number of sulfone groups is 1. The molecule has 2 aromatic heterocycles. The lowest BCUT2D eigenvalue weighted by atomic mass is 10.0. The molecule has 0 aliphatic carbocycles. The first kappa shape index (κ1) is 17.6. The minimum Gasteiger partial charge on any atom is -0.360 e. The maximum Gasteiger partial charge on any atom is 0.262 e. The van der Waals surface area contributed by atoms with E-state index >= 15 is 0 Å². The molecule has 1 amide bonds. The summed E-state index contributed by atoms with van der Waals surface area (Å²) >= 11 is 1.21. The Morgan fingerprint density at radius 1 is 1.32 bits per heavy atom. The number of hydrogen-bond acceptors (Lipinski definition) is 7. The first-order valence-corrected chi connectivity index (χ1v) is 10.3. The second-order valence-corrected chi connectivity index (χ2v) is 9.08. The number of nitrogens with zero attached hydrogens (tertiary/aromatic N) is 2.